The number of anilines is 1. The highest BCUT2D eigenvalue weighted by Gasteiger charge is 2.34. The van der Waals surface area contributed by atoms with E-state index in [0.717, 1.165) is 30.2 Å². The average molecular weight is 459 g/mol. The Labute approximate surface area is 190 Å². The van der Waals surface area contributed by atoms with Crippen LogP contribution in [0.2, 0.25) is 0 Å². The minimum Gasteiger partial charge on any atom is -0.394 e. The van der Waals surface area contributed by atoms with Gasteiger partial charge in [0.25, 0.3) is 0 Å². The van der Waals surface area contributed by atoms with Gasteiger partial charge in [-0.3, -0.25) is 4.79 Å². The number of aliphatic hydroxyl groups excluding tert-OH is 1. The highest BCUT2D eigenvalue weighted by molar-refractivity contribution is 5.89. The third kappa shape index (κ3) is 5.66. The van der Waals surface area contributed by atoms with E-state index in [-0.39, 0.29) is 30.7 Å². The number of nitrogens with zero attached hydrogens (tertiary/aromatic N) is 1. The maximum absolute atomic E-state index is 13.7. The summed E-state index contributed by atoms with van der Waals surface area (Å²) in [7, 11) is 0. The summed E-state index contributed by atoms with van der Waals surface area (Å²) in [5, 5.41) is 14.7. The number of benzene rings is 2. The first-order valence-corrected chi connectivity index (χ1v) is 11.1. The summed E-state index contributed by atoms with van der Waals surface area (Å²) in [6, 6.07) is 9.59. The van der Waals surface area contributed by atoms with Gasteiger partial charge in [-0.05, 0) is 42.5 Å². The molecular weight excluding hydrogens is 432 g/mol. The lowest BCUT2D eigenvalue weighted by Gasteiger charge is -2.37. The Morgan fingerprint density at radius 2 is 1.91 bits per heavy atom. The Morgan fingerprint density at radius 3 is 2.70 bits per heavy atom. The number of hydrogen-bond acceptors (Lipinski definition) is 4. The number of carbonyl (C=O) groups excluding carboxylic acids is 2. The number of hydrogen-bond donors (Lipinski definition) is 3. The van der Waals surface area contributed by atoms with E-state index in [2.05, 4.69) is 16.7 Å². The number of carbonyl (C=O) groups is 2. The second-order valence-corrected chi connectivity index (χ2v) is 8.42. The zero-order valence-electron chi connectivity index (χ0n) is 18.1. The molecule has 1 fully saturated rings. The van der Waals surface area contributed by atoms with Crippen LogP contribution in [0, 0.1) is 11.6 Å². The number of nitrogens with one attached hydrogen (secondary N) is 2. The summed E-state index contributed by atoms with van der Waals surface area (Å²) >= 11 is 0. The first-order chi connectivity index (χ1) is 15.9. The Bertz CT molecular complexity index is 1020. The predicted molar refractivity (Wildman–Crippen MR) is 117 cm³/mol. The van der Waals surface area contributed by atoms with Crippen LogP contribution in [0.4, 0.5) is 19.3 Å². The van der Waals surface area contributed by atoms with Gasteiger partial charge >= 0.3 is 6.03 Å². The molecule has 0 radical (unpaired) electrons. The second-order valence-electron chi connectivity index (χ2n) is 8.42. The van der Waals surface area contributed by atoms with Crippen molar-refractivity contribution >= 4 is 17.6 Å². The molecule has 4 rings (SSSR count). The molecule has 2 aliphatic rings. The Hall–Kier alpha value is -3.04. The number of halogens is 2. The number of fused-ring (bicyclic) bond motifs is 1. The molecule has 3 N–H and O–H groups in total. The fraction of sp³-hybridized carbons (Fsp3) is 0.417. The third-order valence-corrected chi connectivity index (χ3v) is 6.17. The number of rotatable bonds is 5. The molecule has 3 atom stereocenters. The van der Waals surface area contributed by atoms with Gasteiger partial charge in [-0.2, -0.15) is 0 Å². The summed E-state index contributed by atoms with van der Waals surface area (Å²) in [5.74, 6) is -1.44. The lowest BCUT2D eigenvalue weighted by atomic mass is 9.96. The van der Waals surface area contributed by atoms with Crippen LogP contribution >= 0.6 is 0 Å². The monoisotopic (exact) mass is 459 g/mol. The van der Waals surface area contributed by atoms with Crippen molar-refractivity contribution in [2.75, 3.05) is 18.5 Å². The van der Waals surface area contributed by atoms with Gasteiger partial charge in [0.2, 0.25) is 5.91 Å². The molecule has 0 unspecified atom stereocenters. The molecule has 2 aliphatic heterocycles. The molecule has 2 aromatic rings. The standard InChI is InChI=1S/C24H27F2N3O4/c25-17-5-7-19(26)21(11-17)28-24(32)27-20-8-6-18(33-22(20)14-30)12-23(31)29-10-9-15-3-1-2-4-16(15)13-29/h1-5,7,11,18,20,22,30H,6,8-10,12-14H2,(H2,27,28,32)/t18-,20-,22+/m0/s1. The highest BCUT2D eigenvalue weighted by Crippen LogP contribution is 2.25. The minimum absolute atomic E-state index is 0.00285. The van der Waals surface area contributed by atoms with Crippen LogP contribution in [-0.4, -0.2) is 53.3 Å². The molecule has 9 heteroatoms. The highest BCUT2D eigenvalue weighted by atomic mass is 19.1. The molecule has 7 nitrogen and oxygen atoms in total. The molecule has 0 aromatic heterocycles. The van der Waals surface area contributed by atoms with Crippen LogP contribution in [0.3, 0.4) is 0 Å². The minimum atomic E-state index is -0.760. The lowest BCUT2D eigenvalue weighted by molar-refractivity contribution is -0.141. The van der Waals surface area contributed by atoms with Crippen molar-refractivity contribution < 1.29 is 28.2 Å². The number of amides is 3. The second kappa shape index (κ2) is 10.3. The number of urea groups is 1. The van der Waals surface area contributed by atoms with Gasteiger partial charge in [-0.1, -0.05) is 24.3 Å². The van der Waals surface area contributed by atoms with E-state index in [4.69, 9.17) is 4.74 Å². The van der Waals surface area contributed by atoms with Gasteiger partial charge in [0.15, 0.2) is 0 Å². The topological polar surface area (TPSA) is 90.9 Å². The summed E-state index contributed by atoms with van der Waals surface area (Å²) < 4.78 is 33.0. The molecule has 2 aromatic carbocycles. The number of aliphatic hydroxyl groups is 1. The number of ether oxygens (including phenoxy) is 1. The molecule has 2 heterocycles. The van der Waals surface area contributed by atoms with E-state index in [0.29, 0.717) is 25.9 Å². The molecule has 176 valence electrons. The van der Waals surface area contributed by atoms with Crippen LogP contribution in [0.15, 0.2) is 42.5 Å². The van der Waals surface area contributed by atoms with Crippen molar-refractivity contribution in [3.8, 4) is 0 Å². The van der Waals surface area contributed by atoms with Crippen molar-refractivity contribution in [2.45, 2.75) is 50.5 Å². The fourth-order valence-corrected chi connectivity index (χ4v) is 4.40. The summed E-state index contributed by atoms with van der Waals surface area (Å²) in [5.41, 5.74) is 2.14. The van der Waals surface area contributed by atoms with Crippen molar-refractivity contribution in [3.05, 3.63) is 65.2 Å². The fourth-order valence-electron chi connectivity index (χ4n) is 4.40. The third-order valence-electron chi connectivity index (χ3n) is 6.17. The Balaban J connectivity index is 1.29. The largest absolute Gasteiger partial charge is 0.394 e. The van der Waals surface area contributed by atoms with Crippen LogP contribution in [0.1, 0.15) is 30.4 Å². The van der Waals surface area contributed by atoms with Crippen LogP contribution in [0.5, 0.6) is 0 Å². The maximum atomic E-state index is 13.7. The van der Waals surface area contributed by atoms with E-state index in [9.17, 15) is 23.5 Å². The van der Waals surface area contributed by atoms with Gasteiger partial charge < -0.3 is 25.4 Å². The van der Waals surface area contributed by atoms with Gasteiger partial charge in [0.05, 0.1) is 30.9 Å². The maximum Gasteiger partial charge on any atom is 0.319 e. The van der Waals surface area contributed by atoms with Crippen molar-refractivity contribution in [2.24, 2.45) is 0 Å². The molecule has 0 saturated carbocycles. The van der Waals surface area contributed by atoms with Gasteiger partial charge in [-0.15, -0.1) is 0 Å². The first kappa shape index (κ1) is 23.1. The van der Waals surface area contributed by atoms with E-state index in [1.807, 2.05) is 23.1 Å². The van der Waals surface area contributed by atoms with Crippen molar-refractivity contribution in [1.82, 2.24) is 10.2 Å². The quantitative estimate of drug-likeness (QED) is 0.641. The normalized spacial score (nSPS) is 22.4. The molecule has 0 bridgehead atoms. The SMILES string of the molecule is O=C(Nc1cc(F)ccc1F)N[C@H]1CC[C@@H](CC(=O)N2CCc3ccccc3C2)O[C@@H]1CO. The first-order valence-electron chi connectivity index (χ1n) is 11.1. The molecule has 33 heavy (non-hydrogen) atoms. The van der Waals surface area contributed by atoms with E-state index >= 15 is 0 Å². The Kier molecular flexibility index (Phi) is 7.20. The molecular formula is C24H27F2N3O4. The van der Waals surface area contributed by atoms with Gasteiger partial charge in [0, 0.05) is 19.2 Å². The van der Waals surface area contributed by atoms with Gasteiger partial charge in [-0.25, -0.2) is 13.6 Å². The van der Waals surface area contributed by atoms with E-state index in [1.165, 1.54) is 5.56 Å². The lowest BCUT2D eigenvalue weighted by Crippen LogP contribution is -2.52. The summed E-state index contributed by atoms with van der Waals surface area (Å²) in [6.07, 6.45) is 0.943. The molecule has 0 spiro atoms. The molecule has 1 saturated heterocycles. The van der Waals surface area contributed by atoms with Crippen molar-refractivity contribution in [1.29, 1.82) is 0 Å². The van der Waals surface area contributed by atoms with Gasteiger partial charge in [0.1, 0.15) is 17.7 Å². The van der Waals surface area contributed by atoms with Crippen LogP contribution < -0.4 is 10.6 Å². The van der Waals surface area contributed by atoms with Crippen LogP contribution in [-0.2, 0) is 22.5 Å². The zero-order valence-corrected chi connectivity index (χ0v) is 18.1. The Morgan fingerprint density at radius 1 is 1.12 bits per heavy atom. The summed E-state index contributed by atoms with van der Waals surface area (Å²) in [4.78, 5) is 26.9. The van der Waals surface area contributed by atoms with Crippen LogP contribution in [0.25, 0.3) is 0 Å². The molecule has 3 amide bonds. The smallest absolute Gasteiger partial charge is 0.319 e. The summed E-state index contributed by atoms with van der Waals surface area (Å²) in [6.45, 7) is 0.889. The zero-order chi connectivity index (χ0) is 23.4. The molecule has 0 aliphatic carbocycles. The van der Waals surface area contributed by atoms with E-state index < -0.39 is 29.8 Å². The van der Waals surface area contributed by atoms with E-state index in [1.54, 1.807) is 0 Å². The average Bonchev–Trinajstić information content (AvgIpc) is 2.82. The predicted octanol–water partition coefficient (Wildman–Crippen LogP) is 2.97. The van der Waals surface area contributed by atoms with Crippen molar-refractivity contribution in [3.63, 3.8) is 0 Å².